The van der Waals surface area contributed by atoms with Crippen LogP contribution in [0.15, 0.2) is 24.3 Å². The van der Waals surface area contributed by atoms with Crippen LogP contribution in [-0.2, 0) is 11.2 Å². The highest BCUT2D eigenvalue weighted by molar-refractivity contribution is 5.33. The summed E-state index contributed by atoms with van der Waals surface area (Å²) in [4.78, 5) is 0. The zero-order chi connectivity index (χ0) is 14.8. The van der Waals surface area contributed by atoms with Crippen molar-refractivity contribution < 1.29 is 9.47 Å². The molecule has 0 bridgehead atoms. The van der Waals surface area contributed by atoms with E-state index < -0.39 is 0 Å². The van der Waals surface area contributed by atoms with E-state index in [1.807, 2.05) is 18.2 Å². The third-order valence-corrected chi connectivity index (χ3v) is 3.30. The molecule has 1 aromatic carbocycles. The number of para-hydroxylation sites is 1. The van der Waals surface area contributed by atoms with Gasteiger partial charge in [-0.05, 0) is 36.8 Å². The van der Waals surface area contributed by atoms with Gasteiger partial charge in [0.15, 0.2) is 0 Å². The topological polar surface area (TPSA) is 44.5 Å². The highest BCUT2D eigenvalue weighted by atomic mass is 16.5. The molecule has 3 heteroatoms. The third-order valence-electron chi connectivity index (χ3n) is 3.30. The van der Waals surface area contributed by atoms with Crippen molar-refractivity contribution >= 4 is 0 Å². The van der Waals surface area contributed by atoms with Crippen LogP contribution in [0.3, 0.4) is 0 Å². The maximum absolute atomic E-state index is 6.02. The molecule has 0 radical (unpaired) electrons. The van der Waals surface area contributed by atoms with Crippen LogP contribution in [0.5, 0.6) is 5.75 Å². The van der Waals surface area contributed by atoms with Gasteiger partial charge in [-0.25, -0.2) is 0 Å². The second kappa shape index (κ2) is 9.78. The minimum atomic E-state index is 0.196. The van der Waals surface area contributed by atoms with E-state index in [1.54, 1.807) is 0 Å². The molecule has 3 nitrogen and oxygen atoms in total. The summed E-state index contributed by atoms with van der Waals surface area (Å²) in [7, 11) is 0. The van der Waals surface area contributed by atoms with Gasteiger partial charge in [0, 0.05) is 12.6 Å². The quantitative estimate of drug-likeness (QED) is 0.668. The van der Waals surface area contributed by atoms with Crippen molar-refractivity contribution in [3.8, 4) is 5.75 Å². The molecule has 0 fully saturated rings. The van der Waals surface area contributed by atoms with Gasteiger partial charge < -0.3 is 15.2 Å². The minimum Gasteiger partial charge on any atom is -0.491 e. The Kier molecular flexibility index (Phi) is 8.31. The maximum atomic E-state index is 6.02. The van der Waals surface area contributed by atoms with Crippen LogP contribution < -0.4 is 10.5 Å². The summed E-state index contributed by atoms with van der Waals surface area (Å²) in [5, 5.41) is 0. The average Bonchev–Trinajstić information content (AvgIpc) is 2.43. The lowest BCUT2D eigenvalue weighted by atomic mass is 10.0. The first kappa shape index (κ1) is 17.0. The van der Waals surface area contributed by atoms with Gasteiger partial charge in [0.2, 0.25) is 0 Å². The van der Waals surface area contributed by atoms with Crippen molar-refractivity contribution in [2.75, 3.05) is 19.8 Å². The van der Waals surface area contributed by atoms with Gasteiger partial charge in [-0.15, -0.1) is 0 Å². The van der Waals surface area contributed by atoms with E-state index >= 15 is 0 Å². The first-order chi connectivity index (χ1) is 9.63. The van der Waals surface area contributed by atoms with Crippen molar-refractivity contribution in [3.05, 3.63) is 29.8 Å². The molecular formula is C17H29NO2. The van der Waals surface area contributed by atoms with E-state index in [2.05, 4.69) is 26.8 Å². The number of nitrogens with two attached hydrogens (primary N) is 1. The Balaban J connectivity index is 2.32. The molecule has 1 aromatic rings. The summed E-state index contributed by atoms with van der Waals surface area (Å²) in [6.45, 7) is 8.55. The molecule has 0 heterocycles. The molecule has 0 saturated heterocycles. The molecule has 20 heavy (non-hydrogen) atoms. The van der Waals surface area contributed by atoms with E-state index in [4.69, 9.17) is 15.2 Å². The molecular weight excluding hydrogens is 250 g/mol. The summed E-state index contributed by atoms with van der Waals surface area (Å²) in [5.74, 6) is 1.62. The van der Waals surface area contributed by atoms with Crippen molar-refractivity contribution in [3.63, 3.8) is 0 Å². The largest absolute Gasteiger partial charge is 0.491 e. The first-order valence-electron chi connectivity index (χ1n) is 7.67. The maximum Gasteiger partial charge on any atom is 0.122 e. The number of hydrogen-bond donors (Lipinski definition) is 1. The van der Waals surface area contributed by atoms with Gasteiger partial charge in [-0.1, -0.05) is 39.0 Å². The zero-order valence-corrected chi connectivity index (χ0v) is 13.1. The fourth-order valence-corrected chi connectivity index (χ4v) is 1.87. The van der Waals surface area contributed by atoms with E-state index in [0.717, 1.165) is 31.6 Å². The van der Waals surface area contributed by atoms with Crippen LogP contribution in [0, 0.1) is 5.92 Å². The molecule has 0 saturated carbocycles. The summed E-state index contributed by atoms with van der Waals surface area (Å²) in [6, 6.07) is 8.32. The Morgan fingerprint density at radius 3 is 2.55 bits per heavy atom. The number of ether oxygens (including phenoxy) is 2. The number of benzene rings is 1. The van der Waals surface area contributed by atoms with E-state index in [0.29, 0.717) is 19.1 Å². The summed E-state index contributed by atoms with van der Waals surface area (Å²) in [5.41, 5.74) is 7.20. The Bertz CT molecular complexity index is 366. The predicted molar refractivity (Wildman–Crippen MR) is 84.2 cm³/mol. The van der Waals surface area contributed by atoms with Gasteiger partial charge in [0.05, 0.1) is 6.61 Å². The van der Waals surface area contributed by atoms with E-state index in [1.165, 1.54) is 5.56 Å². The van der Waals surface area contributed by atoms with Crippen molar-refractivity contribution in [2.45, 2.75) is 46.1 Å². The molecule has 1 rings (SSSR count). The second-order valence-electron chi connectivity index (χ2n) is 5.62. The van der Waals surface area contributed by atoms with Crippen LogP contribution in [0.2, 0.25) is 0 Å². The Hall–Kier alpha value is -1.06. The zero-order valence-electron chi connectivity index (χ0n) is 13.1. The smallest absolute Gasteiger partial charge is 0.122 e. The Morgan fingerprint density at radius 2 is 1.85 bits per heavy atom. The Labute approximate surface area is 123 Å². The van der Waals surface area contributed by atoms with E-state index in [9.17, 15) is 0 Å². The SMILES string of the molecule is CCC(N)Cc1ccccc1OCCOCCC(C)C. The molecule has 0 spiro atoms. The third kappa shape index (κ3) is 6.92. The van der Waals surface area contributed by atoms with Gasteiger partial charge in [-0.3, -0.25) is 0 Å². The Morgan fingerprint density at radius 1 is 1.10 bits per heavy atom. The lowest BCUT2D eigenvalue weighted by Gasteiger charge is -2.14. The summed E-state index contributed by atoms with van der Waals surface area (Å²) in [6.07, 6.45) is 2.94. The summed E-state index contributed by atoms with van der Waals surface area (Å²) < 4.78 is 11.4. The van der Waals surface area contributed by atoms with Gasteiger partial charge in [0.1, 0.15) is 12.4 Å². The normalized spacial score (nSPS) is 12.7. The lowest BCUT2D eigenvalue weighted by Crippen LogP contribution is -2.22. The van der Waals surface area contributed by atoms with Crippen LogP contribution in [0.4, 0.5) is 0 Å². The van der Waals surface area contributed by atoms with Gasteiger partial charge in [0.25, 0.3) is 0 Å². The van der Waals surface area contributed by atoms with Crippen LogP contribution >= 0.6 is 0 Å². The van der Waals surface area contributed by atoms with Gasteiger partial charge in [-0.2, -0.15) is 0 Å². The van der Waals surface area contributed by atoms with Crippen molar-refractivity contribution in [1.29, 1.82) is 0 Å². The molecule has 0 aliphatic rings. The van der Waals surface area contributed by atoms with Crippen LogP contribution in [0.1, 0.15) is 39.2 Å². The molecule has 0 aliphatic heterocycles. The molecule has 2 N–H and O–H groups in total. The number of rotatable bonds is 10. The standard InChI is InChI=1S/C17H29NO2/c1-4-16(18)13-15-7-5-6-8-17(15)20-12-11-19-10-9-14(2)3/h5-8,14,16H,4,9-13,18H2,1-3H3. The highest BCUT2D eigenvalue weighted by Crippen LogP contribution is 2.19. The minimum absolute atomic E-state index is 0.196. The molecule has 0 aromatic heterocycles. The first-order valence-corrected chi connectivity index (χ1v) is 7.67. The molecule has 114 valence electrons. The monoisotopic (exact) mass is 279 g/mol. The fourth-order valence-electron chi connectivity index (χ4n) is 1.87. The summed E-state index contributed by atoms with van der Waals surface area (Å²) >= 11 is 0. The van der Waals surface area contributed by atoms with Crippen molar-refractivity contribution in [1.82, 2.24) is 0 Å². The fraction of sp³-hybridized carbons (Fsp3) is 0.647. The average molecular weight is 279 g/mol. The van der Waals surface area contributed by atoms with Crippen molar-refractivity contribution in [2.24, 2.45) is 11.7 Å². The molecule has 1 atom stereocenters. The van der Waals surface area contributed by atoms with E-state index in [-0.39, 0.29) is 6.04 Å². The van der Waals surface area contributed by atoms with Crippen LogP contribution in [-0.4, -0.2) is 25.9 Å². The van der Waals surface area contributed by atoms with Crippen LogP contribution in [0.25, 0.3) is 0 Å². The molecule has 0 aliphatic carbocycles. The highest BCUT2D eigenvalue weighted by Gasteiger charge is 2.07. The lowest BCUT2D eigenvalue weighted by molar-refractivity contribution is 0.0922. The molecule has 0 amide bonds. The van der Waals surface area contributed by atoms with Gasteiger partial charge >= 0.3 is 0 Å². The molecule has 1 unspecified atom stereocenters. The number of hydrogen-bond acceptors (Lipinski definition) is 3. The second-order valence-corrected chi connectivity index (χ2v) is 5.62. The predicted octanol–water partition coefficient (Wildman–Crippen LogP) is 3.41.